The molecule has 0 saturated heterocycles. The predicted molar refractivity (Wildman–Crippen MR) is 80.9 cm³/mol. The van der Waals surface area contributed by atoms with Crippen molar-refractivity contribution in [1.82, 2.24) is 0 Å². The average Bonchev–Trinajstić information content (AvgIpc) is 2.56. The Bertz CT molecular complexity index is 683. The number of hydrogen-bond acceptors (Lipinski definition) is 5. The number of benzene rings is 1. The van der Waals surface area contributed by atoms with Crippen molar-refractivity contribution in [2.45, 2.75) is 33.0 Å². The number of anilines is 1. The fourth-order valence-electron chi connectivity index (χ4n) is 1.79. The van der Waals surface area contributed by atoms with Gasteiger partial charge in [-0.25, -0.2) is 4.79 Å². The summed E-state index contributed by atoms with van der Waals surface area (Å²) in [6.45, 7) is 1.68. The van der Waals surface area contributed by atoms with Crippen molar-refractivity contribution in [3.8, 4) is 11.5 Å². The van der Waals surface area contributed by atoms with E-state index >= 15 is 0 Å². The molecular weight excluding hydrogens is 326 g/mol. The van der Waals surface area contributed by atoms with E-state index in [9.17, 15) is 18.4 Å². The third kappa shape index (κ3) is 4.90. The van der Waals surface area contributed by atoms with Gasteiger partial charge in [-0.3, -0.25) is 4.79 Å². The van der Waals surface area contributed by atoms with Crippen LogP contribution in [0.1, 0.15) is 20.8 Å². The van der Waals surface area contributed by atoms with Crippen LogP contribution in [0.2, 0.25) is 0 Å². The molecule has 1 aliphatic heterocycles. The highest BCUT2D eigenvalue weighted by molar-refractivity contribution is 6.45. The summed E-state index contributed by atoms with van der Waals surface area (Å²) in [4.78, 5) is 27.3. The second-order valence-electron chi connectivity index (χ2n) is 5.82. The van der Waals surface area contributed by atoms with E-state index < -0.39 is 24.2 Å². The smallest absolute Gasteiger partial charge is 0.434 e. The lowest BCUT2D eigenvalue weighted by atomic mass is 10.2. The van der Waals surface area contributed by atoms with Crippen LogP contribution < -0.4 is 14.8 Å². The Balaban J connectivity index is 2.17. The van der Waals surface area contributed by atoms with Crippen LogP contribution >= 0.6 is 0 Å². The van der Waals surface area contributed by atoms with E-state index in [1.807, 2.05) is 0 Å². The van der Waals surface area contributed by atoms with Crippen LogP contribution in [0.15, 0.2) is 23.2 Å². The zero-order valence-corrected chi connectivity index (χ0v) is 13.3. The number of amides is 2. The molecule has 0 aliphatic carbocycles. The molecule has 1 aromatic rings. The maximum Gasteiger partial charge on any atom is 0.434 e. The first-order valence-corrected chi connectivity index (χ1v) is 6.97. The normalized spacial score (nSPS) is 16.1. The van der Waals surface area contributed by atoms with Gasteiger partial charge in [0.25, 0.3) is 5.91 Å². The molecule has 0 radical (unpaired) electrons. The Hall–Kier alpha value is -2.71. The minimum atomic E-state index is -2.98. The van der Waals surface area contributed by atoms with Crippen molar-refractivity contribution in [2.75, 3.05) is 11.9 Å². The van der Waals surface area contributed by atoms with E-state index in [0.29, 0.717) is 0 Å². The van der Waals surface area contributed by atoms with Crippen LogP contribution in [-0.2, 0) is 9.53 Å². The highest BCUT2D eigenvalue weighted by atomic mass is 19.3. The first-order valence-electron chi connectivity index (χ1n) is 6.97. The molecule has 0 bridgehead atoms. The quantitative estimate of drug-likeness (QED) is 0.893. The third-order valence-corrected chi connectivity index (χ3v) is 2.67. The average molecular weight is 342 g/mol. The van der Waals surface area contributed by atoms with Gasteiger partial charge in [-0.05, 0) is 32.9 Å². The first-order chi connectivity index (χ1) is 11.1. The topological polar surface area (TPSA) is 86.2 Å². The number of aliphatic imine (C=N–C) groups is 1. The van der Waals surface area contributed by atoms with Crippen LogP contribution in [0.4, 0.5) is 19.3 Å². The standard InChI is InChI=1S/C15H16F2N2O5/c1-15(2,3)24-14(21)19-10-7-22-11-6-8(23-13(16)17)4-5-9(11)18-12(10)20/h4-6,13H,7H2,1-3H3,(H,18,20). The molecule has 24 heavy (non-hydrogen) atoms. The number of fused-ring (bicyclic) bond motifs is 1. The number of nitrogens with one attached hydrogen (secondary N) is 1. The molecule has 1 aliphatic rings. The van der Waals surface area contributed by atoms with Gasteiger partial charge in [-0.1, -0.05) is 0 Å². The lowest BCUT2D eigenvalue weighted by Gasteiger charge is -2.17. The second-order valence-corrected chi connectivity index (χ2v) is 5.82. The third-order valence-electron chi connectivity index (χ3n) is 2.67. The molecule has 130 valence electrons. The van der Waals surface area contributed by atoms with Gasteiger partial charge in [-0.15, -0.1) is 0 Å². The molecule has 0 fully saturated rings. The Morgan fingerprint density at radius 2 is 2.08 bits per heavy atom. The van der Waals surface area contributed by atoms with E-state index in [1.54, 1.807) is 20.8 Å². The van der Waals surface area contributed by atoms with Gasteiger partial charge in [0.05, 0.1) is 5.69 Å². The van der Waals surface area contributed by atoms with Gasteiger partial charge in [0.15, 0.2) is 5.71 Å². The molecule has 1 N–H and O–H groups in total. The summed E-state index contributed by atoms with van der Waals surface area (Å²) < 4.78 is 39.1. The maximum atomic E-state index is 12.2. The highest BCUT2D eigenvalue weighted by Crippen LogP contribution is 2.31. The minimum Gasteiger partial charge on any atom is -0.485 e. The second kappa shape index (κ2) is 6.81. The molecule has 0 unspecified atom stereocenters. The molecule has 2 rings (SSSR count). The molecule has 0 atom stereocenters. The number of alkyl halides is 2. The predicted octanol–water partition coefficient (Wildman–Crippen LogP) is 3.00. The summed E-state index contributed by atoms with van der Waals surface area (Å²) in [6.07, 6.45) is -0.927. The summed E-state index contributed by atoms with van der Waals surface area (Å²) in [6, 6.07) is 3.81. The largest absolute Gasteiger partial charge is 0.485 e. The van der Waals surface area contributed by atoms with Crippen LogP contribution in [-0.4, -0.2) is 36.5 Å². The lowest BCUT2D eigenvalue weighted by molar-refractivity contribution is -0.110. The number of rotatable bonds is 2. The number of carbonyl (C=O) groups is 2. The van der Waals surface area contributed by atoms with Crippen molar-refractivity contribution in [1.29, 1.82) is 0 Å². The zero-order valence-electron chi connectivity index (χ0n) is 13.3. The maximum absolute atomic E-state index is 12.2. The van der Waals surface area contributed by atoms with Crippen molar-refractivity contribution in [3.63, 3.8) is 0 Å². The van der Waals surface area contributed by atoms with Gasteiger partial charge < -0.3 is 19.5 Å². The summed E-state index contributed by atoms with van der Waals surface area (Å²) in [5.41, 5.74) is -0.707. The molecular formula is C15H16F2N2O5. The monoisotopic (exact) mass is 342 g/mol. The van der Waals surface area contributed by atoms with Crippen LogP contribution in [0.5, 0.6) is 11.5 Å². The zero-order chi connectivity index (χ0) is 17.9. The van der Waals surface area contributed by atoms with E-state index in [0.717, 1.165) is 0 Å². The number of carbonyl (C=O) groups excluding carboxylic acids is 2. The molecule has 1 heterocycles. The molecule has 9 heteroatoms. The van der Waals surface area contributed by atoms with E-state index in [2.05, 4.69) is 15.0 Å². The Labute approximate surface area is 136 Å². The van der Waals surface area contributed by atoms with Crippen molar-refractivity contribution >= 4 is 23.4 Å². The first kappa shape index (κ1) is 17.6. The molecule has 0 saturated carbocycles. The fourth-order valence-corrected chi connectivity index (χ4v) is 1.79. The van der Waals surface area contributed by atoms with Gasteiger partial charge in [0.1, 0.15) is 23.7 Å². The van der Waals surface area contributed by atoms with Gasteiger partial charge in [0, 0.05) is 6.07 Å². The molecule has 7 nitrogen and oxygen atoms in total. The SMILES string of the molecule is CC(C)(C)OC(=O)N=C1COc2cc(OC(F)F)ccc2NC1=O. The minimum absolute atomic E-state index is 0.120. The van der Waals surface area contributed by atoms with E-state index in [-0.39, 0.29) is 29.5 Å². The highest BCUT2D eigenvalue weighted by Gasteiger charge is 2.24. The van der Waals surface area contributed by atoms with Crippen molar-refractivity contribution < 1.29 is 32.6 Å². The molecule has 2 amide bonds. The summed E-state index contributed by atoms with van der Waals surface area (Å²) in [7, 11) is 0. The summed E-state index contributed by atoms with van der Waals surface area (Å²) in [5.74, 6) is -0.649. The van der Waals surface area contributed by atoms with Gasteiger partial charge >= 0.3 is 12.7 Å². The molecule has 0 aromatic heterocycles. The van der Waals surface area contributed by atoms with Crippen molar-refractivity contribution in [2.24, 2.45) is 4.99 Å². The van der Waals surface area contributed by atoms with Gasteiger partial charge in [0.2, 0.25) is 0 Å². The summed E-state index contributed by atoms with van der Waals surface area (Å²) in [5, 5.41) is 2.48. The summed E-state index contributed by atoms with van der Waals surface area (Å²) >= 11 is 0. The molecule has 0 spiro atoms. The van der Waals surface area contributed by atoms with Crippen molar-refractivity contribution in [3.05, 3.63) is 18.2 Å². The van der Waals surface area contributed by atoms with Crippen LogP contribution in [0, 0.1) is 0 Å². The van der Waals surface area contributed by atoms with E-state index in [4.69, 9.17) is 9.47 Å². The number of ether oxygens (including phenoxy) is 3. The van der Waals surface area contributed by atoms with Gasteiger partial charge in [-0.2, -0.15) is 13.8 Å². The number of hydrogen-bond donors (Lipinski definition) is 1. The fraction of sp³-hybridized carbons (Fsp3) is 0.400. The Kier molecular flexibility index (Phi) is 5.01. The van der Waals surface area contributed by atoms with Crippen LogP contribution in [0.3, 0.4) is 0 Å². The Morgan fingerprint density at radius 3 is 2.71 bits per heavy atom. The van der Waals surface area contributed by atoms with Crippen LogP contribution in [0.25, 0.3) is 0 Å². The van der Waals surface area contributed by atoms with E-state index in [1.165, 1.54) is 18.2 Å². The Morgan fingerprint density at radius 1 is 1.38 bits per heavy atom. The number of nitrogens with zero attached hydrogens (tertiary/aromatic N) is 1. The number of halogens is 2. The molecule has 1 aromatic carbocycles. The lowest BCUT2D eigenvalue weighted by Crippen LogP contribution is -2.28.